The number of hydrogen-bond donors (Lipinski definition) is 6. The average molecular weight is 385 g/mol. The van der Waals surface area contributed by atoms with Gasteiger partial charge >= 0.3 is 5.97 Å². The van der Waals surface area contributed by atoms with Gasteiger partial charge < -0.3 is 40.6 Å². The summed E-state index contributed by atoms with van der Waals surface area (Å²) < 4.78 is 5.79. The first-order valence-corrected chi connectivity index (χ1v) is 8.58. The molecule has 2 aliphatic rings. The van der Waals surface area contributed by atoms with Crippen molar-refractivity contribution in [2.75, 3.05) is 23.7 Å². The number of piperidine rings is 1. The van der Waals surface area contributed by atoms with Crippen LogP contribution in [-0.2, 0) is 9.53 Å². The Morgan fingerprint density at radius 2 is 1.89 bits per heavy atom. The molecule has 3 rings (SSSR count). The van der Waals surface area contributed by atoms with E-state index >= 15 is 0 Å². The number of aromatic nitrogens is 2. The van der Waals surface area contributed by atoms with Crippen LogP contribution in [-0.4, -0.2) is 79.9 Å². The van der Waals surface area contributed by atoms with Crippen LogP contribution in [0.3, 0.4) is 0 Å². The minimum absolute atomic E-state index is 0.202. The molecule has 7 N–H and O–H groups in total. The summed E-state index contributed by atoms with van der Waals surface area (Å²) in [6, 6.07) is 1.43. The number of hydrogen-bond acceptors (Lipinski definition) is 10. The van der Waals surface area contributed by atoms with Crippen LogP contribution in [0.2, 0.25) is 0 Å². The number of rotatable bonds is 4. The third-order valence-corrected chi connectivity index (χ3v) is 4.62. The third kappa shape index (κ3) is 3.83. The van der Waals surface area contributed by atoms with E-state index in [9.17, 15) is 20.1 Å². The standard InChI is InChI=1S/C15H23N5O7/c16-7-6-8(19-4-2-1-3-5-19)18-15(17)20(7)27-14-11(23)9(21)10(22)12(26-14)13(24)25/h6,9-12,14,16,21-23H,1-5H2,(H2,17,18)(H,24,25)/t9-,10-,11+,12-,14-/m0/s1. The van der Waals surface area contributed by atoms with E-state index in [1.807, 2.05) is 4.90 Å². The molecular formula is C15H23N5O7. The lowest BCUT2D eigenvalue weighted by atomic mass is 9.99. The molecule has 0 saturated carbocycles. The van der Waals surface area contributed by atoms with Gasteiger partial charge in [0.1, 0.15) is 24.1 Å². The highest BCUT2D eigenvalue weighted by molar-refractivity contribution is 5.73. The average Bonchev–Trinajstić information content (AvgIpc) is 2.64. The van der Waals surface area contributed by atoms with Crippen molar-refractivity contribution in [3.8, 4) is 0 Å². The van der Waals surface area contributed by atoms with Gasteiger partial charge in [-0.1, -0.05) is 0 Å². The van der Waals surface area contributed by atoms with E-state index in [1.54, 1.807) is 0 Å². The van der Waals surface area contributed by atoms with Gasteiger partial charge in [-0.25, -0.2) is 4.79 Å². The molecule has 12 heteroatoms. The number of carbonyl (C=O) groups is 1. The Morgan fingerprint density at radius 1 is 1.22 bits per heavy atom. The zero-order valence-electron chi connectivity index (χ0n) is 14.4. The van der Waals surface area contributed by atoms with E-state index < -0.39 is 36.7 Å². The van der Waals surface area contributed by atoms with Crippen molar-refractivity contribution in [1.82, 2.24) is 9.71 Å². The van der Waals surface area contributed by atoms with Crippen molar-refractivity contribution in [1.29, 1.82) is 5.41 Å². The second-order valence-electron chi connectivity index (χ2n) is 6.54. The molecule has 0 unspecified atom stereocenters. The molecule has 0 bridgehead atoms. The monoisotopic (exact) mass is 385 g/mol. The zero-order chi connectivity index (χ0) is 19.7. The van der Waals surface area contributed by atoms with Gasteiger partial charge in [0.2, 0.25) is 5.95 Å². The second-order valence-corrected chi connectivity index (χ2v) is 6.54. The molecule has 12 nitrogen and oxygen atoms in total. The molecule has 1 aromatic heterocycles. The van der Waals surface area contributed by atoms with Crippen molar-refractivity contribution < 1.29 is 34.8 Å². The Kier molecular flexibility index (Phi) is 5.51. The van der Waals surface area contributed by atoms with E-state index in [1.165, 1.54) is 6.07 Å². The zero-order valence-corrected chi connectivity index (χ0v) is 14.4. The summed E-state index contributed by atoms with van der Waals surface area (Å²) in [5, 5.41) is 46.7. The number of carboxylic acids is 1. The highest BCUT2D eigenvalue weighted by Gasteiger charge is 2.48. The number of aliphatic hydroxyl groups excluding tert-OH is 3. The van der Waals surface area contributed by atoms with Gasteiger partial charge in [-0.05, 0) is 19.3 Å². The van der Waals surface area contributed by atoms with Gasteiger partial charge in [0.25, 0.3) is 6.29 Å². The van der Waals surface area contributed by atoms with E-state index in [-0.39, 0.29) is 11.4 Å². The van der Waals surface area contributed by atoms with E-state index in [4.69, 9.17) is 25.8 Å². The Hall–Kier alpha value is -2.41. The SMILES string of the molecule is N=c1cc(N2CCCCC2)nc(N)n1O[C@@H]1O[C@H](C(=O)O)[C@@H](O)[C@H](O)[C@H]1O. The summed E-state index contributed by atoms with van der Waals surface area (Å²) in [6.45, 7) is 1.59. The first-order valence-electron chi connectivity index (χ1n) is 8.58. The molecule has 2 aliphatic heterocycles. The summed E-state index contributed by atoms with van der Waals surface area (Å²) in [6.07, 6.45) is -5.75. The number of nitrogens with one attached hydrogen (secondary N) is 1. The van der Waals surface area contributed by atoms with Gasteiger partial charge in [-0.2, -0.15) is 4.98 Å². The van der Waals surface area contributed by atoms with Crippen LogP contribution in [0.5, 0.6) is 0 Å². The van der Waals surface area contributed by atoms with Gasteiger partial charge in [0.05, 0.1) is 0 Å². The van der Waals surface area contributed by atoms with Crippen molar-refractivity contribution in [2.24, 2.45) is 0 Å². The van der Waals surface area contributed by atoms with E-state index in [2.05, 4.69) is 4.98 Å². The largest absolute Gasteiger partial charge is 0.479 e. The maximum Gasteiger partial charge on any atom is 0.335 e. The Labute approximate surface area is 153 Å². The summed E-state index contributed by atoms with van der Waals surface area (Å²) in [5.74, 6) is -1.22. The predicted octanol–water partition coefficient (Wildman–Crippen LogP) is -2.74. The highest BCUT2D eigenvalue weighted by atomic mass is 16.8. The first kappa shape index (κ1) is 19.4. The van der Waals surface area contributed by atoms with Gasteiger partial charge in [0, 0.05) is 19.2 Å². The Morgan fingerprint density at radius 3 is 2.48 bits per heavy atom. The van der Waals surface area contributed by atoms with Crippen molar-refractivity contribution in [3.05, 3.63) is 11.6 Å². The van der Waals surface area contributed by atoms with Gasteiger partial charge in [-0.3, -0.25) is 5.41 Å². The molecule has 0 radical (unpaired) electrons. The fraction of sp³-hybridized carbons (Fsp3) is 0.667. The van der Waals surface area contributed by atoms with Gasteiger partial charge in [0.15, 0.2) is 11.6 Å². The number of nitrogens with zero attached hydrogens (tertiary/aromatic N) is 3. The molecule has 5 atom stereocenters. The number of aliphatic carboxylic acids is 1. The fourth-order valence-corrected chi connectivity index (χ4v) is 3.14. The van der Waals surface area contributed by atoms with E-state index in [0.717, 1.165) is 37.1 Å². The van der Waals surface area contributed by atoms with E-state index in [0.29, 0.717) is 5.82 Å². The van der Waals surface area contributed by atoms with Crippen molar-refractivity contribution >= 4 is 17.7 Å². The lowest BCUT2D eigenvalue weighted by Gasteiger charge is -2.38. The molecule has 2 saturated heterocycles. The minimum Gasteiger partial charge on any atom is -0.479 e. The van der Waals surface area contributed by atoms with Crippen LogP contribution >= 0.6 is 0 Å². The molecule has 0 aromatic carbocycles. The first-order chi connectivity index (χ1) is 12.8. The van der Waals surface area contributed by atoms with Crippen LogP contribution in [0, 0.1) is 5.41 Å². The van der Waals surface area contributed by atoms with Crippen LogP contribution in [0.4, 0.5) is 11.8 Å². The molecule has 150 valence electrons. The lowest BCUT2D eigenvalue weighted by molar-refractivity contribution is -0.294. The van der Waals surface area contributed by atoms with Crippen LogP contribution in [0.15, 0.2) is 6.07 Å². The summed E-state index contributed by atoms with van der Waals surface area (Å²) in [4.78, 5) is 22.6. The molecular weight excluding hydrogens is 362 g/mol. The number of anilines is 2. The normalized spacial score (nSPS) is 31.5. The number of aliphatic hydroxyl groups is 3. The smallest absolute Gasteiger partial charge is 0.335 e. The molecule has 1 aromatic rings. The Balaban J connectivity index is 1.82. The maximum absolute atomic E-state index is 11.1. The van der Waals surface area contributed by atoms with Crippen LogP contribution < -0.4 is 21.0 Å². The predicted molar refractivity (Wildman–Crippen MR) is 89.5 cm³/mol. The molecule has 0 amide bonds. The topological polar surface area (TPSA) is 187 Å². The molecule has 2 fully saturated rings. The summed E-state index contributed by atoms with van der Waals surface area (Å²) >= 11 is 0. The number of ether oxygens (including phenoxy) is 1. The van der Waals surface area contributed by atoms with Gasteiger partial charge in [-0.15, -0.1) is 4.73 Å². The third-order valence-electron chi connectivity index (χ3n) is 4.62. The molecule has 27 heavy (non-hydrogen) atoms. The summed E-state index contributed by atoms with van der Waals surface area (Å²) in [7, 11) is 0. The molecule has 3 heterocycles. The minimum atomic E-state index is -1.84. The quantitative estimate of drug-likeness (QED) is 0.317. The highest BCUT2D eigenvalue weighted by Crippen LogP contribution is 2.22. The summed E-state index contributed by atoms with van der Waals surface area (Å²) in [5.41, 5.74) is 5.66. The molecule has 0 aliphatic carbocycles. The lowest BCUT2D eigenvalue weighted by Crippen LogP contribution is -2.62. The Bertz CT molecular complexity index is 751. The number of nitrogens with two attached hydrogens (primary N) is 1. The van der Waals surface area contributed by atoms with Crippen molar-refractivity contribution in [2.45, 2.75) is 50.0 Å². The maximum atomic E-state index is 11.1. The van der Waals surface area contributed by atoms with Crippen LogP contribution in [0.1, 0.15) is 19.3 Å². The van der Waals surface area contributed by atoms with Crippen molar-refractivity contribution in [3.63, 3.8) is 0 Å². The second kappa shape index (κ2) is 7.68. The molecule has 0 spiro atoms. The van der Waals surface area contributed by atoms with Crippen LogP contribution in [0.25, 0.3) is 0 Å². The number of carboxylic acid groups (broad SMARTS) is 1. The fourth-order valence-electron chi connectivity index (χ4n) is 3.14. The number of nitrogen functional groups attached to an aromatic ring is 1.